The van der Waals surface area contributed by atoms with Crippen molar-refractivity contribution in [3.8, 4) is 0 Å². The standard InChI is InChI=1S/C14H29NOS/c1-7-17-9-8-11(2)15-12-10-13(3,4)16-14(12,5)6/h11-12,15H,7-10H2,1-6H3. The molecule has 2 nitrogen and oxygen atoms in total. The first kappa shape index (κ1) is 15.3. The summed E-state index contributed by atoms with van der Waals surface area (Å²) >= 11 is 2.02. The van der Waals surface area contributed by atoms with Gasteiger partial charge in [0.15, 0.2) is 0 Å². The molecule has 0 aromatic carbocycles. The van der Waals surface area contributed by atoms with E-state index in [0.717, 1.165) is 6.42 Å². The van der Waals surface area contributed by atoms with Gasteiger partial charge in [-0.15, -0.1) is 0 Å². The highest BCUT2D eigenvalue weighted by Crippen LogP contribution is 2.37. The van der Waals surface area contributed by atoms with Crippen LogP contribution in [0.25, 0.3) is 0 Å². The van der Waals surface area contributed by atoms with E-state index in [4.69, 9.17) is 4.74 Å². The highest BCUT2D eigenvalue weighted by atomic mass is 32.2. The van der Waals surface area contributed by atoms with Crippen LogP contribution in [0.4, 0.5) is 0 Å². The molecule has 0 aromatic rings. The maximum atomic E-state index is 6.11. The fourth-order valence-corrected chi connectivity index (χ4v) is 3.46. The zero-order valence-corrected chi connectivity index (χ0v) is 13.1. The lowest BCUT2D eigenvalue weighted by atomic mass is 9.93. The fraction of sp³-hybridized carbons (Fsp3) is 1.00. The van der Waals surface area contributed by atoms with Crippen LogP contribution >= 0.6 is 11.8 Å². The van der Waals surface area contributed by atoms with Gasteiger partial charge in [-0.05, 0) is 59.0 Å². The van der Waals surface area contributed by atoms with Gasteiger partial charge in [0, 0.05) is 12.1 Å². The molecule has 3 heteroatoms. The number of rotatable bonds is 6. The fourth-order valence-electron chi connectivity index (χ4n) is 2.65. The number of hydrogen-bond donors (Lipinski definition) is 1. The number of hydrogen-bond acceptors (Lipinski definition) is 3. The van der Waals surface area contributed by atoms with Gasteiger partial charge in [0.05, 0.1) is 11.2 Å². The molecule has 0 aromatic heterocycles. The SMILES string of the molecule is CCSCCC(C)NC1CC(C)(C)OC1(C)C. The van der Waals surface area contributed by atoms with Gasteiger partial charge in [-0.2, -0.15) is 11.8 Å². The number of thioether (sulfide) groups is 1. The van der Waals surface area contributed by atoms with E-state index >= 15 is 0 Å². The Morgan fingerprint density at radius 1 is 1.35 bits per heavy atom. The first-order valence-corrected chi connectivity index (χ1v) is 7.96. The lowest BCUT2D eigenvalue weighted by molar-refractivity contribution is -0.0703. The first-order valence-electron chi connectivity index (χ1n) is 6.81. The van der Waals surface area contributed by atoms with Gasteiger partial charge < -0.3 is 10.1 Å². The topological polar surface area (TPSA) is 21.3 Å². The zero-order chi connectivity index (χ0) is 13.1. The molecule has 102 valence electrons. The molecular weight excluding hydrogens is 230 g/mol. The Morgan fingerprint density at radius 2 is 2.00 bits per heavy atom. The van der Waals surface area contributed by atoms with E-state index in [9.17, 15) is 0 Å². The van der Waals surface area contributed by atoms with Crippen molar-refractivity contribution in [2.75, 3.05) is 11.5 Å². The van der Waals surface area contributed by atoms with Crippen molar-refractivity contribution >= 4 is 11.8 Å². The van der Waals surface area contributed by atoms with Crippen molar-refractivity contribution < 1.29 is 4.74 Å². The third kappa shape index (κ3) is 4.80. The third-order valence-electron chi connectivity index (χ3n) is 3.46. The van der Waals surface area contributed by atoms with Crippen LogP contribution in [0.15, 0.2) is 0 Å². The van der Waals surface area contributed by atoms with E-state index in [1.165, 1.54) is 17.9 Å². The van der Waals surface area contributed by atoms with Crippen molar-refractivity contribution in [2.24, 2.45) is 0 Å². The van der Waals surface area contributed by atoms with Crippen molar-refractivity contribution in [2.45, 2.75) is 77.7 Å². The van der Waals surface area contributed by atoms with Crippen LogP contribution < -0.4 is 5.32 Å². The quantitative estimate of drug-likeness (QED) is 0.738. The third-order valence-corrected chi connectivity index (χ3v) is 4.39. The summed E-state index contributed by atoms with van der Waals surface area (Å²) in [6.45, 7) is 13.3. The Bertz CT molecular complexity index is 240. The summed E-state index contributed by atoms with van der Waals surface area (Å²) in [6, 6.07) is 1.05. The summed E-state index contributed by atoms with van der Waals surface area (Å²) in [5.41, 5.74) is -0.0330. The molecule has 1 fully saturated rings. The molecule has 0 spiro atoms. The van der Waals surface area contributed by atoms with Gasteiger partial charge in [-0.3, -0.25) is 0 Å². The van der Waals surface area contributed by atoms with Crippen molar-refractivity contribution in [1.82, 2.24) is 5.32 Å². The first-order chi connectivity index (χ1) is 7.77. The van der Waals surface area contributed by atoms with Gasteiger partial charge in [0.1, 0.15) is 0 Å². The second kappa shape index (κ2) is 5.94. The van der Waals surface area contributed by atoms with Gasteiger partial charge in [0.25, 0.3) is 0 Å². The molecule has 0 bridgehead atoms. The summed E-state index contributed by atoms with van der Waals surface area (Å²) in [6.07, 6.45) is 2.34. The molecule has 0 saturated carbocycles. The Hall–Kier alpha value is 0.270. The number of ether oxygens (including phenoxy) is 1. The molecule has 17 heavy (non-hydrogen) atoms. The molecule has 1 rings (SSSR count). The largest absolute Gasteiger partial charge is 0.368 e. The molecule has 1 aliphatic rings. The summed E-state index contributed by atoms with van der Waals surface area (Å²) in [5, 5.41) is 3.75. The monoisotopic (exact) mass is 259 g/mol. The smallest absolute Gasteiger partial charge is 0.0787 e. The predicted molar refractivity (Wildman–Crippen MR) is 77.9 cm³/mol. The maximum absolute atomic E-state index is 6.11. The van der Waals surface area contributed by atoms with Crippen LogP contribution in [0.1, 0.15) is 54.4 Å². The van der Waals surface area contributed by atoms with E-state index in [0.29, 0.717) is 12.1 Å². The molecule has 0 amide bonds. The van der Waals surface area contributed by atoms with Crippen LogP contribution in [0.5, 0.6) is 0 Å². The predicted octanol–water partition coefficient (Wildman–Crippen LogP) is 3.45. The Kier molecular flexibility index (Phi) is 5.36. The van der Waals surface area contributed by atoms with Crippen LogP contribution in [-0.4, -0.2) is 34.8 Å². The maximum Gasteiger partial charge on any atom is 0.0787 e. The second-order valence-electron chi connectivity index (χ2n) is 6.28. The molecular formula is C14H29NOS. The lowest BCUT2D eigenvalue weighted by Crippen LogP contribution is -2.47. The Balaban J connectivity index is 2.40. The van der Waals surface area contributed by atoms with Crippen molar-refractivity contribution in [1.29, 1.82) is 0 Å². The second-order valence-corrected chi connectivity index (χ2v) is 7.67. The van der Waals surface area contributed by atoms with Crippen molar-refractivity contribution in [3.05, 3.63) is 0 Å². The van der Waals surface area contributed by atoms with E-state index in [1.54, 1.807) is 0 Å². The van der Waals surface area contributed by atoms with Crippen LogP contribution in [-0.2, 0) is 4.74 Å². The molecule has 2 unspecified atom stereocenters. The molecule has 1 aliphatic heterocycles. The summed E-state index contributed by atoms with van der Waals surface area (Å²) in [4.78, 5) is 0. The molecule has 1 heterocycles. The Labute approximate surface area is 111 Å². The van der Waals surface area contributed by atoms with Gasteiger partial charge >= 0.3 is 0 Å². The average Bonchev–Trinajstić information content (AvgIpc) is 2.34. The van der Waals surface area contributed by atoms with Crippen molar-refractivity contribution in [3.63, 3.8) is 0 Å². The molecule has 2 atom stereocenters. The van der Waals surface area contributed by atoms with Crippen LogP contribution in [0.3, 0.4) is 0 Å². The number of nitrogens with one attached hydrogen (secondary N) is 1. The van der Waals surface area contributed by atoms with Gasteiger partial charge in [0.2, 0.25) is 0 Å². The van der Waals surface area contributed by atoms with Gasteiger partial charge in [-0.25, -0.2) is 0 Å². The normalized spacial score (nSPS) is 28.2. The summed E-state index contributed by atoms with van der Waals surface area (Å²) in [7, 11) is 0. The van der Waals surface area contributed by atoms with Crippen LogP contribution in [0, 0.1) is 0 Å². The van der Waals surface area contributed by atoms with E-state index < -0.39 is 0 Å². The summed E-state index contributed by atoms with van der Waals surface area (Å²) in [5.74, 6) is 2.47. The average molecular weight is 259 g/mol. The minimum Gasteiger partial charge on any atom is -0.368 e. The van der Waals surface area contributed by atoms with E-state index in [-0.39, 0.29) is 11.2 Å². The minimum absolute atomic E-state index is 0.0130. The van der Waals surface area contributed by atoms with Gasteiger partial charge in [-0.1, -0.05) is 6.92 Å². The summed E-state index contributed by atoms with van der Waals surface area (Å²) < 4.78 is 6.11. The lowest BCUT2D eigenvalue weighted by Gasteiger charge is -2.30. The minimum atomic E-state index is -0.0460. The molecule has 0 radical (unpaired) electrons. The molecule has 0 aliphatic carbocycles. The zero-order valence-electron chi connectivity index (χ0n) is 12.3. The highest BCUT2D eigenvalue weighted by Gasteiger charge is 2.45. The van der Waals surface area contributed by atoms with E-state index in [2.05, 4.69) is 46.9 Å². The Morgan fingerprint density at radius 3 is 2.47 bits per heavy atom. The highest BCUT2D eigenvalue weighted by molar-refractivity contribution is 7.99. The molecule has 1 saturated heterocycles. The van der Waals surface area contributed by atoms with E-state index in [1.807, 2.05) is 11.8 Å². The molecule has 1 N–H and O–H groups in total. The van der Waals surface area contributed by atoms with Crippen LogP contribution in [0.2, 0.25) is 0 Å².